The number of alkyl halides is 3. The Morgan fingerprint density at radius 2 is 1.64 bits per heavy atom. The number of amides is 2. The van der Waals surface area contributed by atoms with E-state index < -0.39 is 29.0 Å². The number of benzene rings is 2. The lowest BCUT2D eigenvalue weighted by Crippen LogP contribution is -2.49. The van der Waals surface area contributed by atoms with Crippen molar-refractivity contribution in [2.75, 3.05) is 29.9 Å². The van der Waals surface area contributed by atoms with Crippen LogP contribution in [-0.4, -0.2) is 54.0 Å². The quantitative estimate of drug-likeness (QED) is 0.386. The van der Waals surface area contributed by atoms with Gasteiger partial charge in [0.05, 0.1) is 5.56 Å². The maximum Gasteiger partial charge on any atom is 0.417 e. The smallest absolute Gasteiger partial charge is 0.417 e. The summed E-state index contributed by atoms with van der Waals surface area (Å²) < 4.78 is 54.2. The summed E-state index contributed by atoms with van der Waals surface area (Å²) in [5.41, 5.74) is 1.46. The van der Waals surface area contributed by atoms with E-state index in [4.69, 9.17) is 9.47 Å². The largest absolute Gasteiger partial charge is 0.444 e. The first-order valence-electron chi connectivity index (χ1n) is 14.6. The van der Waals surface area contributed by atoms with Crippen LogP contribution in [0.2, 0.25) is 0 Å². The summed E-state index contributed by atoms with van der Waals surface area (Å²) in [6.45, 7) is 12.5. The fourth-order valence-electron chi connectivity index (χ4n) is 6.38. The molecule has 5 rings (SSSR count). The Balaban J connectivity index is 1.53. The molecule has 2 aromatic rings. The van der Waals surface area contributed by atoms with Crippen molar-refractivity contribution in [2.45, 2.75) is 96.6 Å². The molecule has 0 unspecified atom stereocenters. The summed E-state index contributed by atoms with van der Waals surface area (Å²) in [5.74, 6) is -0.0273. The zero-order chi connectivity index (χ0) is 30.6. The monoisotopic (exact) mass is 587 g/mol. The van der Waals surface area contributed by atoms with E-state index in [2.05, 4.69) is 10.2 Å². The minimum atomic E-state index is -4.65. The van der Waals surface area contributed by atoms with Gasteiger partial charge in [0.2, 0.25) is 0 Å². The summed E-state index contributed by atoms with van der Waals surface area (Å²) in [6, 6.07) is 7.81. The highest BCUT2D eigenvalue weighted by molar-refractivity contribution is 5.86. The number of nitrogens with one attached hydrogen (secondary N) is 1. The Bertz CT molecular complexity index is 1380. The number of likely N-dealkylation sites (tertiary alicyclic amines) is 1. The Morgan fingerprint density at radius 1 is 0.929 bits per heavy atom. The van der Waals surface area contributed by atoms with Gasteiger partial charge < -0.3 is 19.3 Å². The minimum Gasteiger partial charge on any atom is -0.444 e. The number of nitrogens with zero attached hydrogens (tertiary/aromatic N) is 2. The van der Waals surface area contributed by atoms with Crippen LogP contribution in [0.4, 0.5) is 34.1 Å². The van der Waals surface area contributed by atoms with E-state index in [-0.39, 0.29) is 29.3 Å². The van der Waals surface area contributed by atoms with E-state index in [1.54, 1.807) is 25.7 Å². The molecule has 3 aliphatic rings. The third-order valence-electron chi connectivity index (χ3n) is 7.91. The summed E-state index contributed by atoms with van der Waals surface area (Å²) in [4.78, 5) is 29.4. The molecule has 1 fully saturated rings. The van der Waals surface area contributed by atoms with Crippen LogP contribution >= 0.6 is 0 Å². The molecular formula is C32H40F3N3O4. The number of hydrogen-bond acceptors (Lipinski definition) is 5. The minimum absolute atomic E-state index is 0.00569. The predicted molar refractivity (Wildman–Crippen MR) is 156 cm³/mol. The van der Waals surface area contributed by atoms with Crippen LogP contribution in [0, 0.1) is 0 Å². The van der Waals surface area contributed by atoms with Crippen LogP contribution in [0.5, 0.6) is 0 Å². The van der Waals surface area contributed by atoms with Crippen LogP contribution in [0.1, 0.15) is 83.4 Å². The van der Waals surface area contributed by atoms with Crippen molar-refractivity contribution < 1.29 is 32.2 Å². The second-order valence-corrected chi connectivity index (χ2v) is 13.5. The molecule has 3 aliphatic heterocycles. The van der Waals surface area contributed by atoms with Gasteiger partial charge in [0.1, 0.15) is 11.2 Å². The van der Waals surface area contributed by atoms with E-state index >= 15 is 0 Å². The van der Waals surface area contributed by atoms with Gasteiger partial charge in [-0.15, -0.1) is 0 Å². The van der Waals surface area contributed by atoms with Crippen molar-refractivity contribution in [3.8, 4) is 11.1 Å². The molecule has 2 atom stereocenters. The summed E-state index contributed by atoms with van der Waals surface area (Å²) in [6.07, 6.45) is -2.33. The number of halogens is 3. The molecule has 228 valence electrons. The molecule has 2 amide bonds. The Morgan fingerprint density at radius 3 is 2.31 bits per heavy atom. The van der Waals surface area contributed by atoms with Gasteiger partial charge in [-0.3, -0.25) is 5.32 Å². The Kier molecular flexibility index (Phi) is 7.64. The second-order valence-electron chi connectivity index (χ2n) is 13.5. The molecule has 0 radical (unpaired) electrons. The summed E-state index contributed by atoms with van der Waals surface area (Å²) >= 11 is 0. The number of ether oxygens (including phenoxy) is 2. The van der Waals surface area contributed by atoms with E-state index in [0.29, 0.717) is 18.7 Å². The number of carbonyl (C=O) groups excluding carboxylic acids is 2. The molecule has 0 bridgehead atoms. The molecular weight excluding hydrogens is 547 g/mol. The standard InChI is InChI=1S/C32H40F3N3O4/c1-30(2,3)41-28(39)36-21-10-11-22(25(17-21)32(33,34)35)20-15-19-9-7-8-13-38-26-12-14-37(29(40)42-31(4,5)6)18-24(26)23(16-20)27(19)38/h10-11,15-17,24,26H,7-9,12-14,18H2,1-6H3,(H,36,39)/t24-,26-/m0/s1. The van der Waals surface area contributed by atoms with Gasteiger partial charge in [-0.05, 0) is 114 Å². The molecule has 42 heavy (non-hydrogen) atoms. The molecule has 2 aromatic carbocycles. The number of anilines is 2. The van der Waals surface area contributed by atoms with Gasteiger partial charge in [-0.2, -0.15) is 13.2 Å². The first-order valence-corrected chi connectivity index (χ1v) is 14.6. The van der Waals surface area contributed by atoms with Crippen molar-refractivity contribution in [2.24, 2.45) is 0 Å². The first-order chi connectivity index (χ1) is 19.5. The number of rotatable bonds is 2. The molecule has 1 N–H and O–H groups in total. The lowest BCUT2D eigenvalue weighted by Gasteiger charge is -2.39. The van der Waals surface area contributed by atoms with E-state index in [1.165, 1.54) is 12.1 Å². The van der Waals surface area contributed by atoms with Crippen molar-refractivity contribution in [3.05, 3.63) is 47.0 Å². The molecule has 0 spiro atoms. The van der Waals surface area contributed by atoms with Crippen LogP contribution in [-0.2, 0) is 22.1 Å². The third-order valence-corrected chi connectivity index (χ3v) is 7.91. The van der Waals surface area contributed by atoms with Gasteiger partial charge in [0.25, 0.3) is 0 Å². The Labute approximate surface area is 245 Å². The molecule has 0 aromatic heterocycles. The number of aryl methyl sites for hydroxylation is 1. The fraction of sp³-hybridized carbons (Fsp3) is 0.562. The predicted octanol–water partition coefficient (Wildman–Crippen LogP) is 7.97. The molecule has 0 aliphatic carbocycles. The maximum atomic E-state index is 14.5. The van der Waals surface area contributed by atoms with Crippen LogP contribution < -0.4 is 10.2 Å². The lowest BCUT2D eigenvalue weighted by atomic mass is 9.85. The van der Waals surface area contributed by atoms with Crippen molar-refractivity contribution >= 4 is 23.6 Å². The molecule has 7 nitrogen and oxygen atoms in total. The molecule has 10 heteroatoms. The fourth-order valence-corrected chi connectivity index (χ4v) is 6.38. The van der Waals surface area contributed by atoms with E-state index in [1.807, 2.05) is 32.9 Å². The topological polar surface area (TPSA) is 71.1 Å². The van der Waals surface area contributed by atoms with Crippen LogP contribution in [0.25, 0.3) is 11.1 Å². The highest BCUT2D eigenvalue weighted by Crippen LogP contribution is 2.50. The number of carbonyl (C=O) groups is 2. The van der Waals surface area contributed by atoms with Gasteiger partial charge in [0.15, 0.2) is 0 Å². The van der Waals surface area contributed by atoms with Crippen molar-refractivity contribution in [1.29, 1.82) is 0 Å². The van der Waals surface area contributed by atoms with E-state index in [9.17, 15) is 22.8 Å². The molecule has 0 saturated carbocycles. The average molecular weight is 588 g/mol. The SMILES string of the molecule is CC(C)(C)OC(=O)Nc1ccc(-c2cc3c4c(c2)[C@@H]2CN(C(=O)OC(C)(C)C)CC[C@@H]2N4CCCC3)c(C(F)(F)F)c1. The lowest BCUT2D eigenvalue weighted by molar-refractivity contribution is -0.137. The molecule has 3 heterocycles. The highest BCUT2D eigenvalue weighted by atomic mass is 19.4. The Hall–Kier alpha value is -3.43. The van der Waals surface area contributed by atoms with Gasteiger partial charge in [0, 0.05) is 43.0 Å². The first kappa shape index (κ1) is 30.0. The third kappa shape index (κ3) is 6.32. The van der Waals surface area contributed by atoms with Gasteiger partial charge in [-0.1, -0.05) is 6.07 Å². The van der Waals surface area contributed by atoms with Gasteiger partial charge in [-0.25, -0.2) is 9.59 Å². The highest BCUT2D eigenvalue weighted by Gasteiger charge is 2.45. The maximum absolute atomic E-state index is 14.5. The second kappa shape index (κ2) is 10.7. The zero-order valence-electron chi connectivity index (χ0n) is 25.2. The van der Waals surface area contributed by atoms with Crippen LogP contribution in [0.15, 0.2) is 30.3 Å². The zero-order valence-corrected chi connectivity index (χ0v) is 25.2. The van der Waals surface area contributed by atoms with E-state index in [0.717, 1.165) is 55.1 Å². The number of fused-ring (bicyclic) bond motifs is 3. The molecule has 1 saturated heterocycles. The van der Waals surface area contributed by atoms with Crippen molar-refractivity contribution in [1.82, 2.24) is 4.90 Å². The van der Waals surface area contributed by atoms with Crippen LogP contribution in [0.3, 0.4) is 0 Å². The summed E-state index contributed by atoms with van der Waals surface area (Å²) in [7, 11) is 0. The number of piperidine rings is 1. The van der Waals surface area contributed by atoms with Gasteiger partial charge >= 0.3 is 18.4 Å². The van der Waals surface area contributed by atoms with Crippen molar-refractivity contribution in [3.63, 3.8) is 0 Å². The summed E-state index contributed by atoms with van der Waals surface area (Å²) in [5, 5.41) is 2.43. The average Bonchev–Trinajstić information content (AvgIpc) is 3.00. The normalized spacial score (nSPS) is 20.4. The number of hydrogen-bond donors (Lipinski definition) is 1.